The molecule has 0 saturated heterocycles. The van der Waals surface area contributed by atoms with Crippen molar-refractivity contribution in [1.82, 2.24) is 20.4 Å². The van der Waals surface area contributed by atoms with Crippen molar-refractivity contribution in [2.75, 3.05) is 39.3 Å². The van der Waals surface area contributed by atoms with Crippen LogP contribution in [0.2, 0.25) is 0 Å². The van der Waals surface area contributed by atoms with Gasteiger partial charge in [-0.1, -0.05) is 38.1 Å². The second-order valence-corrected chi connectivity index (χ2v) is 12.4. The van der Waals surface area contributed by atoms with Gasteiger partial charge < -0.3 is 30.6 Å². The second kappa shape index (κ2) is 16.8. The number of aliphatic hydroxyl groups excluding tert-OH is 2. The summed E-state index contributed by atoms with van der Waals surface area (Å²) < 4.78 is 77.8. The fraction of sp³-hybridized carbons (Fsp3) is 0.500. The van der Waals surface area contributed by atoms with Crippen LogP contribution in [-0.2, 0) is 21.9 Å². The lowest BCUT2D eigenvalue weighted by Gasteiger charge is -2.26. The first-order chi connectivity index (χ1) is 23.7. The van der Waals surface area contributed by atoms with E-state index in [1.807, 2.05) is 13.8 Å². The lowest BCUT2D eigenvalue weighted by atomic mass is 9.96. The molecular weight excluding hydrogens is 666 g/mol. The predicted molar refractivity (Wildman–Crippen MR) is 178 cm³/mol. The number of rotatable bonds is 17. The van der Waals surface area contributed by atoms with Crippen molar-refractivity contribution >= 4 is 23.0 Å². The minimum absolute atomic E-state index is 0.349. The van der Waals surface area contributed by atoms with Gasteiger partial charge in [0, 0.05) is 24.2 Å². The average molecular weight is 711 g/mol. The molecule has 2 heterocycles. The molecule has 0 saturated carbocycles. The topological polar surface area (TPSA) is 105 Å². The summed E-state index contributed by atoms with van der Waals surface area (Å²) in [5.41, 5.74) is -0.114. The average Bonchev–Trinajstić information content (AvgIpc) is 3.47. The predicted octanol–water partition coefficient (Wildman–Crippen LogP) is 6.94. The normalized spacial score (nSPS) is 18.7. The van der Waals surface area contributed by atoms with Crippen LogP contribution in [0, 0.1) is 0 Å². The summed E-state index contributed by atoms with van der Waals surface area (Å²) in [7, 11) is 0. The van der Waals surface area contributed by atoms with Crippen LogP contribution in [0.25, 0.3) is 11.1 Å². The number of aliphatic hydroxyl groups is 2. The van der Waals surface area contributed by atoms with Gasteiger partial charge in [0.15, 0.2) is 11.5 Å². The largest absolute Gasteiger partial charge is 0.503 e. The Morgan fingerprint density at radius 1 is 0.580 bits per heavy atom. The number of hydrogen-bond acceptors (Lipinski definition) is 6. The monoisotopic (exact) mass is 710 g/mol. The smallest absolute Gasteiger partial charge is 0.416 e. The van der Waals surface area contributed by atoms with E-state index in [1.54, 1.807) is 9.80 Å². The highest BCUT2D eigenvalue weighted by molar-refractivity contribution is 6.05. The van der Waals surface area contributed by atoms with Gasteiger partial charge in [-0.2, -0.15) is 26.3 Å². The Hall–Kier alpha value is -4.04. The number of nitrogens with one attached hydrogen (secondary N) is 2. The van der Waals surface area contributed by atoms with E-state index >= 15 is 0 Å². The summed E-state index contributed by atoms with van der Waals surface area (Å²) in [5.74, 6) is -1.89. The summed E-state index contributed by atoms with van der Waals surface area (Å²) in [6.45, 7) is 7.28. The summed E-state index contributed by atoms with van der Waals surface area (Å²) in [4.78, 5) is 28.7. The summed E-state index contributed by atoms with van der Waals surface area (Å²) in [6, 6.07) is 8.08. The van der Waals surface area contributed by atoms with Crippen molar-refractivity contribution in [2.45, 2.75) is 76.8 Å². The van der Waals surface area contributed by atoms with Crippen LogP contribution in [0.3, 0.4) is 0 Å². The molecule has 8 nitrogen and oxygen atoms in total. The Morgan fingerprint density at radius 3 is 1.20 bits per heavy atom. The fourth-order valence-electron chi connectivity index (χ4n) is 6.61. The number of amides is 2. The van der Waals surface area contributed by atoms with Crippen LogP contribution in [0.1, 0.15) is 74.6 Å². The molecule has 0 bridgehead atoms. The number of carbonyl (C=O) groups excluding carboxylic acids is 2. The van der Waals surface area contributed by atoms with Crippen LogP contribution in [0.15, 0.2) is 60.0 Å². The van der Waals surface area contributed by atoms with Gasteiger partial charge in [-0.15, -0.1) is 0 Å². The highest BCUT2D eigenvalue weighted by Gasteiger charge is 2.40. The van der Waals surface area contributed by atoms with Crippen molar-refractivity contribution in [3.05, 3.63) is 82.3 Å². The molecule has 0 aromatic heterocycles. The number of carbonyl (C=O) groups is 2. The van der Waals surface area contributed by atoms with Gasteiger partial charge in [-0.05, 0) is 100 Å². The van der Waals surface area contributed by atoms with Gasteiger partial charge in [0.2, 0.25) is 0 Å². The van der Waals surface area contributed by atoms with Gasteiger partial charge in [-0.25, -0.2) is 0 Å². The molecule has 0 radical (unpaired) electrons. The zero-order chi connectivity index (χ0) is 36.6. The van der Waals surface area contributed by atoms with E-state index in [2.05, 4.69) is 10.6 Å². The first kappa shape index (κ1) is 38.8. The van der Waals surface area contributed by atoms with Crippen LogP contribution >= 0.6 is 0 Å². The molecule has 2 aliphatic rings. The second-order valence-electron chi connectivity index (χ2n) is 12.4. The minimum atomic E-state index is -4.47. The van der Waals surface area contributed by atoms with Crippen LogP contribution in [0.5, 0.6) is 0 Å². The molecule has 50 heavy (non-hydrogen) atoms. The highest BCUT2D eigenvalue weighted by atomic mass is 19.4. The van der Waals surface area contributed by atoms with E-state index in [-0.39, 0.29) is 0 Å². The lowest BCUT2D eigenvalue weighted by Crippen LogP contribution is -2.37. The van der Waals surface area contributed by atoms with E-state index in [1.165, 1.54) is 24.3 Å². The van der Waals surface area contributed by atoms with Crippen molar-refractivity contribution < 1.29 is 46.1 Å². The van der Waals surface area contributed by atoms with Crippen LogP contribution in [-0.4, -0.2) is 83.2 Å². The van der Waals surface area contributed by atoms with Gasteiger partial charge in [0.05, 0.1) is 23.2 Å². The molecule has 4 rings (SSSR count). The first-order valence-electron chi connectivity index (χ1n) is 17.0. The van der Waals surface area contributed by atoms with E-state index in [9.17, 15) is 46.1 Å². The molecular formula is C36H44F6N4O4. The third-order valence-electron chi connectivity index (χ3n) is 9.14. The summed E-state index contributed by atoms with van der Waals surface area (Å²) >= 11 is 0. The van der Waals surface area contributed by atoms with Gasteiger partial charge in [0.1, 0.15) is 0 Å². The Kier molecular flexibility index (Phi) is 13.0. The zero-order valence-corrected chi connectivity index (χ0v) is 28.1. The maximum absolute atomic E-state index is 13.0. The summed E-state index contributed by atoms with van der Waals surface area (Å²) in [5, 5.41) is 27.8. The Labute approximate surface area is 287 Å². The van der Waals surface area contributed by atoms with E-state index in [0.29, 0.717) is 74.1 Å². The molecule has 0 aliphatic carbocycles. The molecule has 2 aliphatic heterocycles. The maximum Gasteiger partial charge on any atom is 0.416 e. The molecule has 274 valence electrons. The van der Waals surface area contributed by atoms with Gasteiger partial charge >= 0.3 is 12.4 Å². The Balaban J connectivity index is 1.10. The summed E-state index contributed by atoms with van der Waals surface area (Å²) in [6.07, 6.45) is -4.89. The number of hydrogen-bond donors (Lipinski definition) is 4. The molecule has 0 fully saturated rings. The molecule has 2 aromatic carbocycles. The number of nitrogens with zero attached hydrogens (tertiary/aromatic N) is 2. The number of halogens is 6. The third kappa shape index (κ3) is 9.00. The minimum Gasteiger partial charge on any atom is -0.503 e. The van der Waals surface area contributed by atoms with Gasteiger partial charge in [0.25, 0.3) is 11.8 Å². The molecule has 2 unspecified atom stereocenters. The SMILES string of the molecule is CCC1C(c2ccc(C(F)(F)F)cc2)=C(O)C(=O)N1CCCNCCCCNCCCN1C(=O)C(O)=C(c2ccc(C(F)(F)F)cc2)C1CC. The van der Waals surface area contributed by atoms with E-state index in [0.717, 1.165) is 50.2 Å². The van der Waals surface area contributed by atoms with Gasteiger partial charge in [-0.3, -0.25) is 9.59 Å². The first-order valence-corrected chi connectivity index (χ1v) is 17.0. The number of alkyl halides is 6. The molecule has 2 amide bonds. The van der Waals surface area contributed by atoms with E-state index < -0.39 is 58.9 Å². The van der Waals surface area contributed by atoms with Crippen molar-refractivity contribution in [1.29, 1.82) is 0 Å². The standard InChI is InChI=1S/C36H44F6N4O4/c1-3-27-29(23-9-13-25(14-10-23)35(37,38)39)31(47)33(49)45(27)21-7-19-43-17-5-6-18-44-20-8-22-46-28(4-2)30(32(48)34(46)50)24-11-15-26(16-12-24)36(40,41)42/h9-16,27-28,43-44,47-48H,3-8,17-22H2,1-2H3. The molecule has 2 atom stereocenters. The van der Waals surface area contributed by atoms with Crippen LogP contribution < -0.4 is 10.6 Å². The fourth-order valence-corrected chi connectivity index (χ4v) is 6.61. The molecule has 0 spiro atoms. The molecule has 14 heteroatoms. The Morgan fingerprint density at radius 2 is 0.900 bits per heavy atom. The van der Waals surface area contributed by atoms with E-state index in [4.69, 9.17) is 0 Å². The maximum atomic E-state index is 13.0. The zero-order valence-electron chi connectivity index (χ0n) is 28.1. The number of unbranched alkanes of at least 4 members (excludes halogenated alkanes) is 1. The Bertz CT molecular complexity index is 1420. The van der Waals surface area contributed by atoms with Crippen molar-refractivity contribution in [3.63, 3.8) is 0 Å². The quantitative estimate of drug-likeness (QED) is 0.105. The van der Waals surface area contributed by atoms with Crippen molar-refractivity contribution in [3.8, 4) is 0 Å². The number of benzene rings is 2. The lowest BCUT2D eigenvalue weighted by molar-refractivity contribution is -0.138. The third-order valence-corrected chi connectivity index (χ3v) is 9.14. The van der Waals surface area contributed by atoms with Crippen molar-refractivity contribution in [2.24, 2.45) is 0 Å². The molecule has 4 N–H and O–H groups in total. The van der Waals surface area contributed by atoms with Crippen LogP contribution in [0.4, 0.5) is 26.3 Å². The highest BCUT2D eigenvalue weighted by Crippen LogP contribution is 2.38. The molecule has 2 aromatic rings.